The fourth-order valence-corrected chi connectivity index (χ4v) is 3.70. The molecule has 2 heterocycles. The number of fused-ring (bicyclic) bond motifs is 1. The van der Waals surface area contributed by atoms with Crippen molar-refractivity contribution in [2.75, 3.05) is 13.4 Å². The number of aryl methyl sites for hydroxylation is 1. The standard InChI is InChI=1S/C25H25NO6/c1-15(2)32-20-8-5-18(6-9-20)25(28)29-13-22(27)21-11-16(3)26(17(21)4)19-7-10-23-24(12-19)31-14-30-23/h5-12,15H,13-14H2,1-4H3. The second-order valence-electron chi connectivity index (χ2n) is 7.85. The average Bonchev–Trinajstić information content (AvgIpc) is 3.35. The van der Waals surface area contributed by atoms with Crippen molar-refractivity contribution in [3.8, 4) is 22.9 Å². The molecule has 0 amide bonds. The monoisotopic (exact) mass is 435 g/mol. The lowest BCUT2D eigenvalue weighted by Crippen LogP contribution is -2.15. The maximum atomic E-state index is 12.8. The Balaban J connectivity index is 1.45. The van der Waals surface area contributed by atoms with Gasteiger partial charge in [0.25, 0.3) is 0 Å². The van der Waals surface area contributed by atoms with Crippen LogP contribution in [0.2, 0.25) is 0 Å². The summed E-state index contributed by atoms with van der Waals surface area (Å²) in [5.74, 6) is 1.21. The highest BCUT2D eigenvalue weighted by molar-refractivity contribution is 6.00. The van der Waals surface area contributed by atoms with E-state index in [2.05, 4.69) is 0 Å². The van der Waals surface area contributed by atoms with Crippen molar-refractivity contribution in [2.24, 2.45) is 0 Å². The number of carbonyl (C=O) groups excluding carboxylic acids is 2. The van der Waals surface area contributed by atoms with E-state index in [1.807, 2.05) is 50.5 Å². The summed E-state index contributed by atoms with van der Waals surface area (Å²) in [5, 5.41) is 0. The van der Waals surface area contributed by atoms with Crippen LogP contribution in [-0.2, 0) is 4.74 Å². The molecular weight excluding hydrogens is 410 g/mol. The number of ether oxygens (including phenoxy) is 4. The quantitative estimate of drug-likeness (QED) is 0.397. The molecule has 166 valence electrons. The van der Waals surface area contributed by atoms with Crippen LogP contribution in [0.4, 0.5) is 0 Å². The Morgan fingerprint density at radius 3 is 2.44 bits per heavy atom. The van der Waals surface area contributed by atoms with E-state index >= 15 is 0 Å². The molecule has 32 heavy (non-hydrogen) atoms. The number of Topliss-reactive ketones (excluding diaryl/α,β-unsaturated/α-hetero) is 1. The third kappa shape index (κ3) is 4.32. The summed E-state index contributed by atoms with van der Waals surface area (Å²) in [6.07, 6.45) is 0.0436. The van der Waals surface area contributed by atoms with Gasteiger partial charge in [-0.25, -0.2) is 4.79 Å². The highest BCUT2D eigenvalue weighted by Crippen LogP contribution is 2.35. The first-order valence-electron chi connectivity index (χ1n) is 10.4. The first-order valence-corrected chi connectivity index (χ1v) is 10.4. The molecule has 7 nitrogen and oxygen atoms in total. The fraction of sp³-hybridized carbons (Fsp3) is 0.280. The van der Waals surface area contributed by atoms with Crippen molar-refractivity contribution in [2.45, 2.75) is 33.8 Å². The van der Waals surface area contributed by atoms with Crippen molar-refractivity contribution in [3.05, 3.63) is 71.0 Å². The Morgan fingerprint density at radius 2 is 1.72 bits per heavy atom. The highest BCUT2D eigenvalue weighted by Gasteiger charge is 2.20. The van der Waals surface area contributed by atoms with E-state index in [9.17, 15) is 9.59 Å². The number of esters is 1. The second kappa shape index (κ2) is 8.78. The molecule has 4 rings (SSSR count). The average molecular weight is 435 g/mol. The smallest absolute Gasteiger partial charge is 0.338 e. The predicted octanol–water partition coefficient (Wildman–Crippen LogP) is 4.65. The highest BCUT2D eigenvalue weighted by atomic mass is 16.7. The minimum Gasteiger partial charge on any atom is -0.491 e. The van der Waals surface area contributed by atoms with Gasteiger partial charge >= 0.3 is 5.97 Å². The third-order valence-corrected chi connectivity index (χ3v) is 5.14. The fourth-order valence-electron chi connectivity index (χ4n) is 3.70. The van der Waals surface area contributed by atoms with Crippen LogP contribution in [0, 0.1) is 13.8 Å². The SMILES string of the molecule is Cc1cc(C(=O)COC(=O)c2ccc(OC(C)C)cc2)c(C)n1-c1ccc2c(c1)OCO2. The van der Waals surface area contributed by atoms with E-state index in [0.29, 0.717) is 28.4 Å². The number of aromatic nitrogens is 1. The number of rotatable bonds is 7. The molecule has 1 aliphatic rings. The topological polar surface area (TPSA) is 76.0 Å². The summed E-state index contributed by atoms with van der Waals surface area (Å²) < 4.78 is 23.6. The molecule has 0 bridgehead atoms. The lowest BCUT2D eigenvalue weighted by Gasteiger charge is -2.11. The van der Waals surface area contributed by atoms with E-state index in [1.54, 1.807) is 30.3 Å². The van der Waals surface area contributed by atoms with E-state index in [1.165, 1.54) is 0 Å². The van der Waals surface area contributed by atoms with Gasteiger partial charge in [-0.05, 0) is 70.2 Å². The van der Waals surface area contributed by atoms with Crippen LogP contribution in [0.15, 0.2) is 48.5 Å². The largest absolute Gasteiger partial charge is 0.491 e. The number of benzene rings is 2. The van der Waals surface area contributed by atoms with Crippen LogP contribution in [-0.4, -0.2) is 35.8 Å². The van der Waals surface area contributed by atoms with Crippen LogP contribution in [0.1, 0.15) is 46.0 Å². The van der Waals surface area contributed by atoms with Crippen LogP contribution in [0.3, 0.4) is 0 Å². The first-order chi connectivity index (χ1) is 15.3. The van der Waals surface area contributed by atoms with Gasteiger partial charge in [-0.15, -0.1) is 0 Å². The molecule has 0 saturated heterocycles. The molecule has 1 aliphatic heterocycles. The van der Waals surface area contributed by atoms with Crippen LogP contribution < -0.4 is 14.2 Å². The molecule has 0 unspecified atom stereocenters. The number of nitrogens with zero attached hydrogens (tertiary/aromatic N) is 1. The molecule has 1 aromatic heterocycles. The molecule has 3 aromatic rings. The molecule has 0 spiro atoms. The zero-order valence-electron chi connectivity index (χ0n) is 18.5. The van der Waals surface area contributed by atoms with Crippen molar-refractivity contribution < 1.29 is 28.5 Å². The second-order valence-corrected chi connectivity index (χ2v) is 7.85. The van der Waals surface area contributed by atoms with Gasteiger partial charge in [0.05, 0.1) is 11.7 Å². The van der Waals surface area contributed by atoms with Gasteiger partial charge in [-0.2, -0.15) is 0 Å². The first kappa shape index (κ1) is 21.5. The summed E-state index contributed by atoms with van der Waals surface area (Å²) in [6, 6.07) is 14.1. The number of hydrogen-bond donors (Lipinski definition) is 0. The Bertz CT molecular complexity index is 1160. The number of carbonyl (C=O) groups is 2. The van der Waals surface area contributed by atoms with Gasteiger partial charge < -0.3 is 23.5 Å². The van der Waals surface area contributed by atoms with Crippen molar-refractivity contribution in [1.82, 2.24) is 4.57 Å². The predicted molar refractivity (Wildman–Crippen MR) is 118 cm³/mol. The summed E-state index contributed by atoms with van der Waals surface area (Å²) in [5.41, 5.74) is 3.38. The van der Waals surface area contributed by atoms with Crippen LogP contribution in [0.25, 0.3) is 5.69 Å². The lowest BCUT2D eigenvalue weighted by molar-refractivity contribution is 0.0474. The Labute approximate surface area is 186 Å². The van der Waals surface area contributed by atoms with Gasteiger partial charge in [0.2, 0.25) is 12.6 Å². The summed E-state index contributed by atoms with van der Waals surface area (Å²) in [6.45, 7) is 7.50. The van der Waals surface area contributed by atoms with Gasteiger partial charge in [0.1, 0.15) is 5.75 Å². The molecule has 0 atom stereocenters. The zero-order valence-corrected chi connectivity index (χ0v) is 18.5. The van der Waals surface area contributed by atoms with Gasteiger partial charge in [0, 0.05) is 28.7 Å². The maximum absolute atomic E-state index is 12.8. The van der Waals surface area contributed by atoms with Crippen molar-refractivity contribution >= 4 is 11.8 Å². The molecule has 7 heteroatoms. The minimum atomic E-state index is -0.556. The number of hydrogen-bond acceptors (Lipinski definition) is 6. The van der Waals surface area contributed by atoms with Gasteiger partial charge in [-0.1, -0.05) is 0 Å². The van der Waals surface area contributed by atoms with Crippen molar-refractivity contribution in [1.29, 1.82) is 0 Å². The molecule has 2 aromatic carbocycles. The number of ketones is 1. The zero-order chi connectivity index (χ0) is 22.8. The van der Waals surface area contributed by atoms with Gasteiger partial charge in [-0.3, -0.25) is 4.79 Å². The van der Waals surface area contributed by atoms with E-state index in [0.717, 1.165) is 17.1 Å². The lowest BCUT2D eigenvalue weighted by atomic mass is 10.1. The van der Waals surface area contributed by atoms with Crippen LogP contribution in [0.5, 0.6) is 17.2 Å². The van der Waals surface area contributed by atoms with Crippen LogP contribution >= 0.6 is 0 Å². The Kier molecular flexibility index (Phi) is 5.90. The Hall–Kier alpha value is -3.74. The van der Waals surface area contributed by atoms with E-state index < -0.39 is 5.97 Å². The Morgan fingerprint density at radius 1 is 1.00 bits per heavy atom. The maximum Gasteiger partial charge on any atom is 0.338 e. The third-order valence-electron chi connectivity index (χ3n) is 5.14. The van der Waals surface area contributed by atoms with Gasteiger partial charge in [0.15, 0.2) is 18.1 Å². The molecular formula is C25H25NO6. The molecule has 0 radical (unpaired) electrons. The normalized spacial score (nSPS) is 12.2. The molecule has 0 aliphatic carbocycles. The molecule has 0 fully saturated rings. The van der Waals surface area contributed by atoms with E-state index in [4.69, 9.17) is 18.9 Å². The minimum absolute atomic E-state index is 0.0436. The summed E-state index contributed by atoms with van der Waals surface area (Å²) in [4.78, 5) is 25.2. The summed E-state index contributed by atoms with van der Waals surface area (Å²) >= 11 is 0. The van der Waals surface area contributed by atoms with E-state index in [-0.39, 0.29) is 25.3 Å². The molecule has 0 saturated carbocycles. The summed E-state index contributed by atoms with van der Waals surface area (Å²) in [7, 11) is 0. The van der Waals surface area contributed by atoms with Crippen molar-refractivity contribution in [3.63, 3.8) is 0 Å². The molecule has 0 N–H and O–H groups in total.